The summed E-state index contributed by atoms with van der Waals surface area (Å²) in [7, 11) is 1.66. The third-order valence-corrected chi connectivity index (χ3v) is 4.35. The summed E-state index contributed by atoms with van der Waals surface area (Å²) >= 11 is 0. The van der Waals surface area contributed by atoms with Crippen molar-refractivity contribution in [1.82, 2.24) is 15.1 Å². The molecule has 1 saturated heterocycles. The van der Waals surface area contributed by atoms with Gasteiger partial charge in [-0.15, -0.1) is 0 Å². The van der Waals surface area contributed by atoms with Crippen molar-refractivity contribution in [1.29, 1.82) is 0 Å². The van der Waals surface area contributed by atoms with Crippen LogP contribution in [0.1, 0.15) is 19.8 Å². The van der Waals surface area contributed by atoms with Gasteiger partial charge in [0.25, 0.3) is 0 Å². The van der Waals surface area contributed by atoms with Crippen LogP contribution in [0.5, 0.6) is 11.5 Å². The Bertz CT molecular complexity index is 499. The Hall–Kier alpha value is -1.79. The molecule has 1 aliphatic heterocycles. The molecular weight excluding hydrogens is 318 g/mol. The van der Waals surface area contributed by atoms with E-state index in [1.54, 1.807) is 7.11 Å². The van der Waals surface area contributed by atoms with Crippen molar-refractivity contribution in [3.05, 3.63) is 24.3 Å². The fraction of sp³-hybridized carbons (Fsp3) is 0.632. The standard InChI is InChI=1S/C19H31N3O3/c1-3-9-20-19(23)16-22-13-11-21(12-14-22)10-4-15-25-18-7-5-17(24-2)6-8-18/h5-8H,3-4,9-16H2,1-2H3,(H,20,23). The molecule has 0 spiro atoms. The van der Waals surface area contributed by atoms with E-state index in [-0.39, 0.29) is 5.91 Å². The summed E-state index contributed by atoms with van der Waals surface area (Å²) < 4.78 is 10.9. The summed E-state index contributed by atoms with van der Waals surface area (Å²) in [5, 5.41) is 2.94. The fourth-order valence-corrected chi connectivity index (χ4v) is 2.84. The lowest BCUT2D eigenvalue weighted by molar-refractivity contribution is -0.122. The van der Waals surface area contributed by atoms with E-state index in [4.69, 9.17) is 9.47 Å². The lowest BCUT2D eigenvalue weighted by Crippen LogP contribution is -2.49. The van der Waals surface area contributed by atoms with Crippen LogP contribution in [0.15, 0.2) is 24.3 Å². The van der Waals surface area contributed by atoms with Crippen molar-refractivity contribution in [2.75, 3.05) is 59.5 Å². The quantitative estimate of drug-likeness (QED) is 0.651. The summed E-state index contributed by atoms with van der Waals surface area (Å²) in [6.45, 7) is 9.06. The highest BCUT2D eigenvalue weighted by Gasteiger charge is 2.18. The number of hydrogen-bond donors (Lipinski definition) is 1. The highest BCUT2D eigenvalue weighted by Crippen LogP contribution is 2.17. The average Bonchev–Trinajstić information content (AvgIpc) is 2.65. The number of methoxy groups -OCH3 is 1. The van der Waals surface area contributed by atoms with Crippen molar-refractivity contribution in [2.45, 2.75) is 19.8 Å². The lowest BCUT2D eigenvalue weighted by atomic mass is 10.3. The lowest BCUT2D eigenvalue weighted by Gasteiger charge is -2.34. The van der Waals surface area contributed by atoms with Crippen molar-refractivity contribution >= 4 is 5.91 Å². The van der Waals surface area contributed by atoms with Crippen LogP contribution in [0.25, 0.3) is 0 Å². The number of nitrogens with zero attached hydrogens (tertiary/aromatic N) is 2. The first-order valence-corrected chi connectivity index (χ1v) is 9.19. The Labute approximate surface area is 151 Å². The van der Waals surface area contributed by atoms with E-state index in [0.29, 0.717) is 13.2 Å². The molecule has 0 saturated carbocycles. The Balaban J connectivity index is 1.55. The van der Waals surface area contributed by atoms with Gasteiger partial charge < -0.3 is 19.7 Å². The molecule has 1 aromatic rings. The third kappa shape index (κ3) is 7.32. The maximum atomic E-state index is 11.7. The maximum Gasteiger partial charge on any atom is 0.234 e. The Kier molecular flexibility index (Phi) is 8.55. The second kappa shape index (κ2) is 10.9. The largest absolute Gasteiger partial charge is 0.497 e. The molecule has 1 amide bonds. The van der Waals surface area contributed by atoms with Crippen molar-refractivity contribution in [2.24, 2.45) is 0 Å². The second-order valence-corrected chi connectivity index (χ2v) is 6.35. The molecule has 1 N–H and O–H groups in total. The molecule has 0 atom stereocenters. The summed E-state index contributed by atoms with van der Waals surface area (Å²) in [6, 6.07) is 7.68. The number of hydrogen-bond acceptors (Lipinski definition) is 5. The average molecular weight is 349 g/mol. The molecule has 0 radical (unpaired) electrons. The summed E-state index contributed by atoms with van der Waals surface area (Å²) in [5.74, 6) is 1.86. The molecule has 1 heterocycles. The molecule has 0 aliphatic carbocycles. The zero-order valence-electron chi connectivity index (χ0n) is 15.5. The van der Waals surface area contributed by atoms with Gasteiger partial charge in [-0.25, -0.2) is 0 Å². The van der Waals surface area contributed by atoms with E-state index >= 15 is 0 Å². The number of ether oxygens (including phenoxy) is 2. The number of benzene rings is 1. The SMILES string of the molecule is CCCNC(=O)CN1CCN(CCCOc2ccc(OC)cc2)CC1. The fourth-order valence-electron chi connectivity index (χ4n) is 2.84. The van der Waals surface area contributed by atoms with Crippen LogP contribution >= 0.6 is 0 Å². The molecule has 6 nitrogen and oxygen atoms in total. The van der Waals surface area contributed by atoms with Gasteiger partial charge in [-0.2, -0.15) is 0 Å². The predicted octanol–water partition coefficient (Wildman–Crippen LogP) is 1.61. The predicted molar refractivity (Wildman–Crippen MR) is 99.3 cm³/mol. The van der Waals surface area contributed by atoms with E-state index in [2.05, 4.69) is 22.0 Å². The zero-order chi connectivity index (χ0) is 17.9. The minimum Gasteiger partial charge on any atom is -0.497 e. The molecule has 1 aliphatic rings. The van der Waals surface area contributed by atoms with Gasteiger partial charge >= 0.3 is 0 Å². The summed E-state index contributed by atoms with van der Waals surface area (Å²) in [4.78, 5) is 16.4. The van der Waals surface area contributed by atoms with Crippen molar-refractivity contribution in [3.63, 3.8) is 0 Å². The third-order valence-electron chi connectivity index (χ3n) is 4.35. The normalized spacial score (nSPS) is 15.8. The van der Waals surface area contributed by atoms with Crippen LogP contribution in [-0.2, 0) is 4.79 Å². The number of carbonyl (C=O) groups is 1. The number of carbonyl (C=O) groups excluding carboxylic acids is 1. The first-order valence-electron chi connectivity index (χ1n) is 9.19. The number of amides is 1. The Morgan fingerprint density at radius 2 is 1.72 bits per heavy atom. The Morgan fingerprint density at radius 3 is 2.36 bits per heavy atom. The van der Waals surface area contributed by atoms with Crippen LogP contribution in [0.2, 0.25) is 0 Å². The zero-order valence-corrected chi connectivity index (χ0v) is 15.5. The monoisotopic (exact) mass is 349 g/mol. The van der Waals surface area contributed by atoms with E-state index in [9.17, 15) is 4.79 Å². The molecule has 1 aromatic carbocycles. The number of nitrogens with one attached hydrogen (secondary N) is 1. The molecule has 0 bridgehead atoms. The minimum atomic E-state index is 0.142. The van der Waals surface area contributed by atoms with Gasteiger partial charge in [0, 0.05) is 39.3 Å². The highest BCUT2D eigenvalue weighted by molar-refractivity contribution is 5.77. The van der Waals surface area contributed by atoms with Gasteiger partial charge in [0.2, 0.25) is 5.91 Å². The Morgan fingerprint density at radius 1 is 1.08 bits per heavy atom. The maximum absolute atomic E-state index is 11.7. The molecule has 25 heavy (non-hydrogen) atoms. The molecule has 2 rings (SSSR count). The van der Waals surface area contributed by atoms with Crippen LogP contribution in [0, 0.1) is 0 Å². The van der Waals surface area contributed by atoms with Crippen LogP contribution in [0.4, 0.5) is 0 Å². The van der Waals surface area contributed by atoms with Gasteiger partial charge in [-0.05, 0) is 37.1 Å². The van der Waals surface area contributed by atoms with E-state index in [1.807, 2.05) is 24.3 Å². The van der Waals surface area contributed by atoms with Crippen molar-refractivity contribution in [3.8, 4) is 11.5 Å². The van der Waals surface area contributed by atoms with Gasteiger partial charge in [-0.3, -0.25) is 9.69 Å². The van der Waals surface area contributed by atoms with Gasteiger partial charge in [0.1, 0.15) is 11.5 Å². The van der Waals surface area contributed by atoms with E-state index in [0.717, 1.165) is 63.6 Å². The smallest absolute Gasteiger partial charge is 0.234 e. The number of rotatable bonds is 10. The highest BCUT2D eigenvalue weighted by atomic mass is 16.5. The van der Waals surface area contributed by atoms with Gasteiger partial charge in [0.05, 0.1) is 20.3 Å². The second-order valence-electron chi connectivity index (χ2n) is 6.35. The van der Waals surface area contributed by atoms with E-state index < -0.39 is 0 Å². The summed E-state index contributed by atoms with van der Waals surface area (Å²) in [5.41, 5.74) is 0. The van der Waals surface area contributed by atoms with Gasteiger partial charge in [-0.1, -0.05) is 6.92 Å². The number of piperazine rings is 1. The van der Waals surface area contributed by atoms with Crippen LogP contribution < -0.4 is 14.8 Å². The van der Waals surface area contributed by atoms with Crippen LogP contribution in [0.3, 0.4) is 0 Å². The molecule has 0 aromatic heterocycles. The van der Waals surface area contributed by atoms with Gasteiger partial charge in [0.15, 0.2) is 0 Å². The minimum absolute atomic E-state index is 0.142. The molecule has 6 heteroatoms. The molecule has 1 fully saturated rings. The molecular formula is C19H31N3O3. The van der Waals surface area contributed by atoms with Crippen molar-refractivity contribution < 1.29 is 14.3 Å². The molecule has 0 unspecified atom stereocenters. The molecule has 140 valence electrons. The van der Waals surface area contributed by atoms with Crippen LogP contribution in [-0.4, -0.2) is 75.2 Å². The first-order chi connectivity index (χ1) is 12.2. The topological polar surface area (TPSA) is 54.0 Å². The van der Waals surface area contributed by atoms with E-state index in [1.165, 1.54) is 0 Å². The first kappa shape index (κ1) is 19.5. The summed E-state index contributed by atoms with van der Waals surface area (Å²) in [6.07, 6.45) is 1.99.